The first-order valence-electron chi connectivity index (χ1n) is 10.2. The van der Waals surface area contributed by atoms with Crippen LogP contribution in [0, 0.1) is 0 Å². The van der Waals surface area contributed by atoms with E-state index >= 15 is 0 Å². The molecule has 146 valence electrons. The molecular weight excluding hydrogens is 346 g/mol. The molecule has 1 atom stereocenters. The number of benzene rings is 2. The molecule has 0 N–H and O–H groups in total. The Morgan fingerprint density at radius 1 is 1.00 bits per heavy atom. The van der Waals surface area contributed by atoms with Crippen molar-refractivity contribution in [2.75, 3.05) is 40.3 Å². The highest BCUT2D eigenvalue weighted by Crippen LogP contribution is 2.34. The average Bonchev–Trinajstić information content (AvgIpc) is 3.01. The van der Waals surface area contributed by atoms with Gasteiger partial charge < -0.3 is 4.90 Å². The minimum atomic E-state index is 0.0506. The Morgan fingerprint density at radius 2 is 1.75 bits per heavy atom. The lowest BCUT2D eigenvalue weighted by Crippen LogP contribution is -2.38. The van der Waals surface area contributed by atoms with Crippen LogP contribution in [0.1, 0.15) is 40.5 Å². The smallest absolute Gasteiger partial charge is 0.255 e. The number of hydrogen-bond donors (Lipinski definition) is 0. The highest BCUT2D eigenvalue weighted by atomic mass is 16.2. The molecular formula is C24H29N3O. The quantitative estimate of drug-likeness (QED) is 0.767. The van der Waals surface area contributed by atoms with Gasteiger partial charge in [-0.3, -0.25) is 14.6 Å². The van der Waals surface area contributed by atoms with Gasteiger partial charge in [-0.2, -0.15) is 0 Å². The van der Waals surface area contributed by atoms with Crippen molar-refractivity contribution < 1.29 is 4.79 Å². The standard InChI is InChI=1S/C24H29N3O/c1-25(2)23-21-11-6-7-12-22(21)24(28)27(23)16-8-15-26-17-13-20(14-18-26)19-9-4-3-5-10-19/h3-7,9-13,23H,8,14-18H2,1-2H3. The maximum absolute atomic E-state index is 12.9. The predicted octanol–water partition coefficient (Wildman–Crippen LogP) is 3.88. The van der Waals surface area contributed by atoms with Gasteiger partial charge in [-0.25, -0.2) is 0 Å². The number of nitrogens with zero attached hydrogens (tertiary/aromatic N) is 3. The lowest BCUT2D eigenvalue weighted by Gasteiger charge is -2.32. The molecule has 0 fully saturated rings. The maximum atomic E-state index is 12.9. The second-order valence-corrected chi connectivity index (χ2v) is 7.92. The number of amides is 1. The molecule has 0 bridgehead atoms. The lowest BCUT2D eigenvalue weighted by atomic mass is 9.99. The zero-order chi connectivity index (χ0) is 19.5. The molecule has 0 radical (unpaired) electrons. The summed E-state index contributed by atoms with van der Waals surface area (Å²) >= 11 is 0. The molecule has 2 aliphatic heterocycles. The molecule has 28 heavy (non-hydrogen) atoms. The molecule has 0 aliphatic carbocycles. The van der Waals surface area contributed by atoms with Gasteiger partial charge in [-0.1, -0.05) is 54.6 Å². The molecule has 2 aliphatic rings. The Balaban J connectivity index is 1.33. The predicted molar refractivity (Wildman–Crippen MR) is 114 cm³/mol. The van der Waals surface area contributed by atoms with Crippen LogP contribution in [0.25, 0.3) is 5.57 Å². The summed E-state index contributed by atoms with van der Waals surface area (Å²) in [6.45, 7) is 3.91. The highest BCUT2D eigenvalue weighted by molar-refractivity contribution is 5.99. The topological polar surface area (TPSA) is 26.8 Å². The van der Waals surface area contributed by atoms with Crippen molar-refractivity contribution in [3.05, 3.63) is 77.4 Å². The van der Waals surface area contributed by atoms with Crippen LogP contribution < -0.4 is 0 Å². The van der Waals surface area contributed by atoms with E-state index in [0.29, 0.717) is 0 Å². The van der Waals surface area contributed by atoms with E-state index in [1.807, 2.05) is 37.2 Å². The minimum Gasteiger partial charge on any atom is -0.319 e. The average molecular weight is 376 g/mol. The monoisotopic (exact) mass is 375 g/mol. The van der Waals surface area contributed by atoms with E-state index in [1.165, 1.54) is 11.1 Å². The summed E-state index contributed by atoms with van der Waals surface area (Å²) in [4.78, 5) is 19.5. The van der Waals surface area contributed by atoms with E-state index in [4.69, 9.17) is 0 Å². The SMILES string of the molecule is CN(C)C1c2ccccc2C(=O)N1CCCN1CC=C(c2ccccc2)CC1. The Hall–Kier alpha value is -2.43. The summed E-state index contributed by atoms with van der Waals surface area (Å²) in [5.41, 5.74) is 4.78. The lowest BCUT2D eigenvalue weighted by molar-refractivity contribution is 0.0524. The van der Waals surface area contributed by atoms with Gasteiger partial charge in [0.25, 0.3) is 5.91 Å². The summed E-state index contributed by atoms with van der Waals surface area (Å²) in [5, 5.41) is 0. The first-order chi connectivity index (χ1) is 13.6. The third-order valence-corrected chi connectivity index (χ3v) is 5.83. The number of rotatable bonds is 6. The number of hydrogen-bond acceptors (Lipinski definition) is 3. The minimum absolute atomic E-state index is 0.0506. The van der Waals surface area contributed by atoms with E-state index in [2.05, 4.69) is 52.3 Å². The van der Waals surface area contributed by atoms with Crippen LogP contribution in [-0.4, -0.2) is 60.9 Å². The summed E-state index contributed by atoms with van der Waals surface area (Å²) < 4.78 is 0. The van der Waals surface area contributed by atoms with Gasteiger partial charge >= 0.3 is 0 Å². The van der Waals surface area contributed by atoms with Crippen LogP contribution in [0.2, 0.25) is 0 Å². The summed E-state index contributed by atoms with van der Waals surface area (Å²) in [7, 11) is 4.10. The van der Waals surface area contributed by atoms with Crippen molar-refractivity contribution >= 4 is 11.5 Å². The third-order valence-electron chi connectivity index (χ3n) is 5.83. The fraction of sp³-hybridized carbons (Fsp3) is 0.375. The summed E-state index contributed by atoms with van der Waals surface area (Å²) in [6, 6.07) is 18.7. The fourth-order valence-electron chi connectivity index (χ4n) is 4.42. The molecule has 1 unspecified atom stereocenters. The van der Waals surface area contributed by atoms with Crippen LogP contribution in [-0.2, 0) is 0 Å². The zero-order valence-corrected chi connectivity index (χ0v) is 16.8. The normalized spacial score (nSPS) is 19.8. The molecule has 0 aromatic heterocycles. The van der Waals surface area contributed by atoms with E-state index in [1.54, 1.807) is 0 Å². The van der Waals surface area contributed by atoms with Crippen molar-refractivity contribution in [3.8, 4) is 0 Å². The molecule has 1 amide bonds. The highest BCUT2D eigenvalue weighted by Gasteiger charge is 2.37. The van der Waals surface area contributed by atoms with Crippen LogP contribution in [0.15, 0.2) is 60.7 Å². The zero-order valence-electron chi connectivity index (χ0n) is 16.8. The molecule has 0 saturated heterocycles. The van der Waals surface area contributed by atoms with E-state index in [-0.39, 0.29) is 12.1 Å². The van der Waals surface area contributed by atoms with E-state index < -0.39 is 0 Å². The van der Waals surface area contributed by atoms with E-state index in [0.717, 1.165) is 50.1 Å². The van der Waals surface area contributed by atoms with Crippen molar-refractivity contribution in [3.63, 3.8) is 0 Å². The second-order valence-electron chi connectivity index (χ2n) is 7.92. The molecule has 4 nitrogen and oxygen atoms in total. The Bertz CT molecular complexity index is 859. The molecule has 2 heterocycles. The third kappa shape index (κ3) is 3.75. The number of carbonyl (C=O) groups is 1. The van der Waals surface area contributed by atoms with Gasteiger partial charge in [-0.05, 0) is 44.1 Å². The molecule has 4 rings (SSSR count). The summed E-state index contributed by atoms with van der Waals surface area (Å²) in [6.07, 6.45) is 4.50. The first-order valence-corrected chi connectivity index (χ1v) is 10.2. The molecule has 0 saturated carbocycles. The van der Waals surface area contributed by atoms with E-state index in [9.17, 15) is 4.79 Å². The van der Waals surface area contributed by atoms with Crippen LogP contribution >= 0.6 is 0 Å². The van der Waals surface area contributed by atoms with Crippen LogP contribution in [0.3, 0.4) is 0 Å². The second kappa shape index (κ2) is 8.29. The molecule has 0 spiro atoms. The van der Waals surface area contributed by atoms with Gasteiger partial charge in [0.15, 0.2) is 0 Å². The number of fused-ring (bicyclic) bond motifs is 1. The fourth-order valence-corrected chi connectivity index (χ4v) is 4.42. The Kier molecular flexibility index (Phi) is 5.60. The first kappa shape index (κ1) is 18.9. The van der Waals surface area contributed by atoms with Gasteiger partial charge in [-0.15, -0.1) is 0 Å². The number of carbonyl (C=O) groups excluding carboxylic acids is 1. The maximum Gasteiger partial charge on any atom is 0.255 e. The molecule has 2 aromatic carbocycles. The van der Waals surface area contributed by atoms with Crippen LogP contribution in [0.4, 0.5) is 0 Å². The largest absolute Gasteiger partial charge is 0.319 e. The molecule has 2 aromatic rings. The van der Waals surface area contributed by atoms with Crippen molar-refractivity contribution in [2.45, 2.75) is 19.0 Å². The van der Waals surface area contributed by atoms with Crippen LogP contribution in [0.5, 0.6) is 0 Å². The van der Waals surface area contributed by atoms with Crippen molar-refractivity contribution in [1.82, 2.24) is 14.7 Å². The Morgan fingerprint density at radius 3 is 2.46 bits per heavy atom. The van der Waals surface area contributed by atoms with Gasteiger partial charge in [0.05, 0.1) is 0 Å². The van der Waals surface area contributed by atoms with Gasteiger partial charge in [0, 0.05) is 37.3 Å². The van der Waals surface area contributed by atoms with Crippen molar-refractivity contribution in [2.24, 2.45) is 0 Å². The Labute approximate surface area is 168 Å². The molecule has 4 heteroatoms. The van der Waals surface area contributed by atoms with Crippen molar-refractivity contribution in [1.29, 1.82) is 0 Å². The van der Waals surface area contributed by atoms with Gasteiger partial charge in [0.2, 0.25) is 0 Å². The van der Waals surface area contributed by atoms with Gasteiger partial charge in [0.1, 0.15) is 6.17 Å². The summed E-state index contributed by atoms with van der Waals surface area (Å²) in [5.74, 6) is 0.166.